The first-order valence-electron chi connectivity index (χ1n) is 9.28. The summed E-state index contributed by atoms with van der Waals surface area (Å²) in [4.78, 5) is 28.1. The van der Waals surface area contributed by atoms with Crippen LogP contribution in [0.2, 0.25) is 0 Å². The van der Waals surface area contributed by atoms with Gasteiger partial charge >= 0.3 is 0 Å². The number of para-hydroxylation sites is 1. The summed E-state index contributed by atoms with van der Waals surface area (Å²) in [6.07, 6.45) is 6.62. The Balaban J connectivity index is 1.25. The summed E-state index contributed by atoms with van der Waals surface area (Å²) in [5, 5.41) is 13.7. The van der Waals surface area contributed by atoms with Crippen molar-refractivity contribution in [2.75, 3.05) is 11.9 Å². The molecule has 4 rings (SSSR count). The van der Waals surface area contributed by atoms with Crippen LogP contribution in [-0.2, 0) is 16.0 Å². The van der Waals surface area contributed by atoms with Crippen molar-refractivity contribution in [3.8, 4) is 11.4 Å². The predicted molar refractivity (Wildman–Crippen MR) is 110 cm³/mol. The summed E-state index contributed by atoms with van der Waals surface area (Å²) in [6, 6.07) is 16.8. The molecule has 0 aliphatic carbocycles. The van der Waals surface area contributed by atoms with Crippen LogP contribution in [0.3, 0.4) is 0 Å². The van der Waals surface area contributed by atoms with Gasteiger partial charge in [-0.15, -0.1) is 0 Å². The molecule has 150 valence electrons. The van der Waals surface area contributed by atoms with Crippen molar-refractivity contribution in [3.05, 3.63) is 85.2 Å². The molecule has 0 unspecified atom stereocenters. The standard InChI is InChI=1S/C21H19N7O2/c29-20(10-16-11-24-27(13-16)18-4-2-1-3-5-18)23-12-21(30)26-17-6-8-19(9-7-17)28-15-22-14-25-28/h1-9,11,13-15H,10,12H2,(H,23,29)(H,26,30). The van der Waals surface area contributed by atoms with E-state index in [4.69, 9.17) is 0 Å². The molecule has 0 aliphatic rings. The Morgan fingerprint density at radius 1 is 0.867 bits per heavy atom. The fourth-order valence-electron chi connectivity index (χ4n) is 2.84. The lowest BCUT2D eigenvalue weighted by Gasteiger charge is -2.07. The maximum absolute atomic E-state index is 12.1. The average molecular weight is 401 g/mol. The van der Waals surface area contributed by atoms with Crippen LogP contribution >= 0.6 is 0 Å². The number of benzene rings is 2. The minimum absolute atomic E-state index is 0.115. The van der Waals surface area contributed by atoms with E-state index in [1.807, 2.05) is 42.5 Å². The lowest BCUT2D eigenvalue weighted by molar-refractivity contribution is -0.123. The van der Waals surface area contributed by atoms with E-state index in [1.54, 1.807) is 40.2 Å². The number of aromatic nitrogens is 5. The highest BCUT2D eigenvalue weighted by atomic mass is 16.2. The van der Waals surface area contributed by atoms with Gasteiger partial charge in [0.05, 0.1) is 30.5 Å². The molecule has 0 atom stereocenters. The summed E-state index contributed by atoms with van der Waals surface area (Å²) in [7, 11) is 0. The molecule has 0 saturated carbocycles. The second kappa shape index (κ2) is 8.82. The van der Waals surface area contributed by atoms with Crippen molar-refractivity contribution < 1.29 is 9.59 Å². The Morgan fingerprint density at radius 3 is 2.37 bits per heavy atom. The number of amides is 2. The summed E-state index contributed by atoms with van der Waals surface area (Å²) in [5.41, 5.74) is 3.14. The lowest BCUT2D eigenvalue weighted by Crippen LogP contribution is -2.33. The molecule has 9 heteroatoms. The number of nitrogens with one attached hydrogen (secondary N) is 2. The zero-order valence-electron chi connectivity index (χ0n) is 16.0. The van der Waals surface area contributed by atoms with E-state index in [0.717, 1.165) is 16.9 Å². The zero-order chi connectivity index (χ0) is 20.8. The number of hydrogen-bond acceptors (Lipinski definition) is 5. The van der Waals surface area contributed by atoms with Gasteiger partial charge in [0.2, 0.25) is 11.8 Å². The van der Waals surface area contributed by atoms with Crippen molar-refractivity contribution in [3.63, 3.8) is 0 Å². The molecule has 4 aromatic rings. The van der Waals surface area contributed by atoms with Crippen molar-refractivity contribution in [1.82, 2.24) is 29.9 Å². The predicted octanol–water partition coefficient (Wildman–Crippen LogP) is 1.75. The van der Waals surface area contributed by atoms with E-state index >= 15 is 0 Å². The molecule has 0 saturated heterocycles. The van der Waals surface area contributed by atoms with Gasteiger partial charge in [-0.1, -0.05) is 18.2 Å². The molecule has 30 heavy (non-hydrogen) atoms. The summed E-state index contributed by atoms with van der Waals surface area (Å²) in [6.45, 7) is -0.115. The Hall–Kier alpha value is -4.27. The van der Waals surface area contributed by atoms with Gasteiger partial charge in [-0.3, -0.25) is 9.59 Å². The molecule has 2 aromatic heterocycles. The zero-order valence-corrected chi connectivity index (χ0v) is 16.0. The minimum atomic E-state index is -0.308. The second-order valence-electron chi connectivity index (χ2n) is 6.52. The third-order valence-corrected chi connectivity index (χ3v) is 4.30. The number of hydrogen-bond donors (Lipinski definition) is 2. The van der Waals surface area contributed by atoms with Crippen molar-refractivity contribution in [2.45, 2.75) is 6.42 Å². The third kappa shape index (κ3) is 4.76. The van der Waals surface area contributed by atoms with Gasteiger partial charge in [0.1, 0.15) is 12.7 Å². The number of nitrogens with zero attached hydrogens (tertiary/aromatic N) is 5. The van der Waals surface area contributed by atoms with Gasteiger partial charge in [0.25, 0.3) is 0 Å². The van der Waals surface area contributed by atoms with Crippen LogP contribution < -0.4 is 10.6 Å². The first-order valence-corrected chi connectivity index (χ1v) is 9.28. The highest BCUT2D eigenvalue weighted by molar-refractivity contribution is 5.94. The minimum Gasteiger partial charge on any atom is -0.347 e. The molecule has 0 spiro atoms. The van der Waals surface area contributed by atoms with Crippen molar-refractivity contribution >= 4 is 17.5 Å². The van der Waals surface area contributed by atoms with Crippen LogP contribution in [0, 0.1) is 0 Å². The van der Waals surface area contributed by atoms with Crippen LogP contribution in [0.5, 0.6) is 0 Å². The van der Waals surface area contributed by atoms with Gasteiger partial charge in [0.15, 0.2) is 0 Å². The van der Waals surface area contributed by atoms with E-state index in [1.165, 1.54) is 6.33 Å². The highest BCUT2D eigenvalue weighted by Crippen LogP contribution is 2.12. The van der Waals surface area contributed by atoms with Gasteiger partial charge in [-0.2, -0.15) is 10.2 Å². The molecular weight excluding hydrogens is 382 g/mol. The first kappa shape index (κ1) is 19.1. The highest BCUT2D eigenvalue weighted by Gasteiger charge is 2.09. The normalized spacial score (nSPS) is 10.5. The Bertz CT molecular complexity index is 1120. The lowest BCUT2D eigenvalue weighted by atomic mass is 10.2. The molecule has 0 radical (unpaired) electrons. The number of carbonyl (C=O) groups excluding carboxylic acids is 2. The number of anilines is 1. The molecule has 0 bridgehead atoms. The smallest absolute Gasteiger partial charge is 0.243 e. The van der Waals surface area contributed by atoms with Gasteiger partial charge in [-0.05, 0) is 42.0 Å². The monoisotopic (exact) mass is 401 g/mol. The maximum atomic E-state index is 12.1. The molecule has 2 aromatic carbocycles. The van der Waals surface area contributed by atoms with Crippen LogP contribution in [0.25, 0.3) is 11.4 Å². The Labute approximate surface area is 172 Å². The van der Waals surface area contributed by atoms with E-state index in [2.05, 4.69) is 25.8 Å². The molecule has 2 amide bonds. The third-order valence-electron chi connectivity index (χ3n) is 4.30. The van der Waals surface area contributed by atoms with Crippen LogP contribution in [0.15, 0.2) is 79.6 Å². The number of rotatable bonds is 7. The first-order chi connectivity index (χ1) is 14.7. The van der Waals surface area contributed by atoms with Gasteiger partial charge in [0, 0.05) is 11.9 Å². The fourth-order valence-corrected chi connectivity index (χ4v) is 2.84. The summed E-state index contributed by atoms with van der Waals surface area (Å²) >= 11 is 0. The summed E-state index contributed by atoms with van der Waals surface area (Å²) < 4.78 is 3.32. The van der Waals surface area contributed by atoms with E-state index in [0.29, 0.717) is 5.69 Å². The van der Waals surface area contributed by atoms with Crippen molar-refractivity contribution in [2.24, 2.45) is 0 Å². The summed E-state index contributed by atoms with van der Waals surface area (Å²) in [5.74, 6) is -0.559. The molecule has 0 aliphatic heterocycles. The van der Waals surface area contributed by atoms with E-state index in [-0.39, 0.29) is 24.8 Å². The maximum Gasteiger partial charge on any atom is 0.243 e. The van der Waals surface area contributed by atoms with Crippen molar-refractivity contribution in [1.29, 1.82) is 0 Å². The largest absolute Gasteiger partial charge is 0.347 e. The van der Waals surface area contributed by atoms with Gasteiger partial charge < -0.3 is 10.6 Å². The van der Waals surface area contributed by atoms with Gasteiger partial charge in [-0.25, -0.2) is 14.3 Å². The topological polar surface area (TPSA) is 107 Å². The van der Waals surface area contributed by atoms with Crippen LogP contribution in [0.4, 0.5) is 5.69 Å². The molecule has 9 nitrogen and oxygen atoms in total. The van der Waals surface area contributed by atoms with E-state index < -0.39 is 0 Å². The molecule has 2 heterocycles. The molecular formula is C21H19N7O2. The second-order valence-corrected chi connectivity index (χ2v) is 6.52. The fraction of sp³-hybridized carbons (Fsp3) is 0.0952. The molecule has 0 fully saturated rings. The Kier molecular flexibility index (Phi) is 5.61. The van der Waals surface area contributed by atoms with Crippen LogP contribution in [0.1, 0.15) is 5.56 Å². The van der Waals surface area contributed by atoms with Crippen LogP contribution in [-0.4, -0.2) is 42.9 Å². The van der Waals surface area contributed by atoms with E-state index in [9.17, 15) is 9.59 Å². The number of carbonyl (C=O) groups is 2. The quantitative estimate of drug-likeness (QED) is 0.491. The Morgan fingerprint density at radius 2 is 1.63 bits per heavy atom. The average Bonchev–Trinajstić information content (AvgIpc) is 3.46. The molecule has 2 N–H and O–H groups in total. The SMILES string of the molecule is O=C(Cc1cnn(-c2ccccc2)c1)NCC(=O)Nc1ccc(-n2cncn2)cc1.